The van der Waals surface area contributed by atoms with E-state index in [0.29, 0.717) is 23.5 Å². The normalized spacial score (nSPS) is 19.3. The lowest BCUT2D eigenvalue weighted by Crippen LogP contribution is -2.35. The second kappa shape index (κ2) is 6.99. The molecule has 1 aliphatic heterocycles. The van der Waals surface area contributed by atoms with Crippen molar-refractivity contribution in [3.63, 3.8) is 0 Å². The number of aliphatic hydroxyl groups excluding tert-OH is 1. The summed E-state index contributed by atoms with van der Waals surface area (Å²) < 4.78 is 11.1. The second-order valence-electron chi connectivity index (χ2n) is 6.04. The highest BCUT2D eigenvalue weighted by Crippen LogP contribution is 2.36. The summed E-state index contributed by atoms with van der Waals surface area (Å²) in [6, 6.07) is 9.91. The maximum Gasteiger partial charge on any atom is 0.186 e. The monoisotopic (exact) mass is 340 g/mol. The SMILES string of the molecule is COc1cc(C(=O)/C=C/c2ccc(O)cc2)cc2c1C[C@@H](O)[C@H](C)O2. The number of hydrogen-bond acceptors (Lipinski definition) is 5. The Morgan fingerprint density at radius 1 is 1.28 bits per heavy atom. The number of aromatic hydroxyl groups is 1. The number of ether oxygens (including phenoxy) is 2. The van der Waals surface area contributed by atoms with E-state index in [9.17, 15) is 15.0 Å². The lowest BCUT2D eigenvalue weighted by atomic mass is 9.96. The van der Waals surface area contributed by atoms with Gasteiger partial charge in [-0.3, -0.25) is 4.79 Å². The molecule has 5 heteroatoms. The van der Waals surface area contributed by atoms with E-state index in [1.165, 1.54) is 13.2 Å². The van der Waals surface area contributed by atoms with Crippen molar-refractivity contribution in [2.24, 2.45) is 0 Å². The predicted octanol–water partition coefficient (Wildman–Crippen LogP) is 2.98. The molecule has 5 nitrogen and oxygen atoms in total. The number of ketones is 1. The molecule has 0 fully saturated rings. The fourth-order valence-electron chi connectivity index (χ4n) is 2.76. The quantitative estimate of drug-likeness (QED) is 0.661. The Kier molecular flexibility index (Phi) is 4.76. The molecule has 1 aliphatic rings. The molecule has 0 amide bonds. The van der Waals surface area contributed by atoms with Crippen LogP contribution in [0.25, 0.3) is 6.08 Å². The highest BCUT2D eigenvalue weighted by atomic mass is 16.5. The zero-order valence-corrected chi connectivity index (χ0v) is 14.1. The van der Waals surface area contributed by atoms with Crippen molar-refractivity contribution in [1.82, 2.24) is 0 Å². The summed E-state index contributed by atoms with van der Waals surface area (Å²) in [5.74, 6) is 1.09. The van der Waals surface area contributed by atoms with Crippen molar-refractivity contribution in [3.8, 4) is 17.2 Å². The third kappa shape index (κ3) is 3.67. The fraction of sp³-hybridized carbons (Fsp3) is 0.250. The number of phenols is 1. The molecule has 0 unspecified atom stereocenters. The summed E-state index contributed by atoms with van der Waals surface area (Å²) in [7, 11) is 1.53. The Balaban J connectivity index is 1.88. The van der Waals surface area contributed by atoms with Gasteiger partial charge in [-0.15, -0.1) is 0 Å². The zero-order chi connectivity index (χ0) is 18.0. The molecule has 0 radical (unpaired) electrons. The van der Waals surface area contributed by atoms with Gasteiger partial charge in [-0.25, -0.2) is 0 Å². The highest BCUT2D eigenvalue weighted by molar-refractivity contribution is 6.07. The topological polar surface area (TPSA) is 76.0 Å². The molecule has 2 aromatic carbocycles. The van der Waals surface area contributed by atoms with E-state index in [1.54, 1.807) is 49.4 Å². The summed E-state index contributed by atoms with van der Waals surface area (Å²) in [4.78, 5) is 12.5. The van der Waals surface area contributed by atoms with Crippen LogP contribution in [-0.2, 0) is 6.42 Å². The standard InChI is InChI=1S/C20H20O5/c1-12-18(23)11-16-19(24-2)9-14(10-20(16)25-12)17(22)8-5-13-3-6-15(21)7-4-13/h3-10,12,18,21,23H,11H2,1-2H3/b8-5+/t12-,18+/m0/s1. The van der Waals surface area contributed by atoms with Crippen molar-refractivity contribution < 1.29 is 24.5 Å². The minimum atomic E-state index is -0.600. The first kappa shape index (κ1) is 17.0. The molecule has 25 heavy (non-hydrogen) atoms. The van der Waals surface area contributed by atoms with Gasteiger partial charge in [0, 0.05) is 17.5 Å². The molecular weight excluding hydrogens is 320 g/mol. The van der Waals surface area contributed by atoms with E-state index in [4.69, 9.17) is 9.47 Å². The minimum absolute atomic E-state index is 0.177. The van der Waals surface area contributed by atoms with Crippen molar-refractivity contribution in [2.75, 3.05) is 7.11 Å². The fourth-order valence-corrected chi connectivity index (χ4v) is 2.76. The molecule has 0 aliphatic carbocycles. The third-order valence-corrected chi connectivity index (χ3v) is 4.26. The van der Waals surface area contributed by atoms with Crippen LogP contribution in [0.5, 0.6) is 17.2 Å². The third-order valence-electron chi connectivity index (χ3n) is 4.26. The number of carbonyl (C=O) groups excluding carboxylic acids is 1. The molecule has 0 aromatic heterocycles. The van der Waals surface area contributed by atoms with Crippen LogP contribution < -0.4 is 9.47 Å². The molecular formula is C20H20O5. The molecule has 1 heterocycles. The number of aliphatic hydroxyl groups is 1. The van der Waals surface area contributed by atoms with Gasteiger partial charge < -0.3 is 19.7 Å². The van der Waals surface area contributed by atoms with E-state index in [2.05, 4.69) is 0 Å². The van der Waals surface area contributed by atoms with E-state index >= 15 is 0 Å². The number of hydrogen-bond donors (Lipinski definition) is 2. The first-order valence-electron chi connectivity index (χ1n) is 8.05. The van der Waals surface area contributed by atoms with Gasteiger partial charge in [0.15, 0.2) is 5.78 Å². The molecule has 2 N–H and O–H groups in total. The van der Waals surface area contributed by atoms with E-state index in [1.807, 2.05) is 0 Å². The van der Waals surface area contributed by atoms with Crippen LogP contribution in [0, 0.1) is 0 Å². The molecule has 0 spiro atoms. The zero-order valence-electron chi connectivity index (χ0n) is 14.1. The Morgan fingerprint density at radius 3 is 2.68 bits per heavy atom. The van der Waals surface area contributed by atoms with Gasteiger partial charge in [0.05, 0.1) is 13.2 Å². The molecule has 0 bridgehead atoms. The number of fused-ring (bicyclic) bond motifs is 1. The maximum atomic E-state index is 12.5. The van der Waals surface area contributed by atoms with Crippen molar-refractivity contribution in [1.29, 1.82) is 0 Å². The average Bonchev–Trinajstić information content (AvgIpc) is 2.61. The van der Waals surface area contributed by atoms with Crippen LogP contribution in [0.3, 0.4) is 0 Å². The number of methoxy groups -OCH3 is 1. The van der Waals surface area contributed by atoms with E-state index in [0.717, 1.165) is 11.1 Å². The Bertz CT molecular complexity index is 808. The van der Waals surface area contributed by atoms with Crippen molar-refractivity contribution in [2.45, 2.75) is 25.6 Å². The van der Waals surface area contributed by atoms with Gasteiger partial charge in [0.1, 0.15) is 23.4 Å². The molecule has 0 saturated heterocycles. The molecule has 2 aromatic rings. The summed E-state index contributed by atoms with van der Waals surface area (Å²) in [6.07, 6.45) is 2.64. The lowest BCUT2D eigenvalue weighted by molar-refractivity contribution is 0.0319. The van der Waals surface area contributed by atoms with Gasteiger partial charge in [-0.2, -0.15) is 0 Å². The largest absolute Gasteiger partial charge is 0.508 e. The van der Waals surface area contributed by atoms with Gasteiger partial charge in [0.25, 0.3) is 0 Å². The number of rotatable bonds is 4. The van der Waals surface area contributed by atoms with Crippen LogP contribution in [-0.4, -0.2) is 35.3 Å². The van der Waals surface area contributed by atoms with Gasteiger partial charge in [0.2, 0.25) is 0 Å². The smallest absolute Gasteiger partial charge is 0.186 e. The molecule has 2 atom stereocenters. The van der Waals surface area contributed by atoms with Gasteiger partial charge in [-0.1, -0.05) is 18.2 Å². The van der Waals surface area contributed by atoms with Crippen LogP contribution in [0.2, 0.25) is 0 Å². The lowest BCUT2D eigenvalue weighted by Gasteiger charge is -2.29. The minimum Gasteiger partial charge on any atom is -0.508 e. The first-order chi connectivity index (χ1) is 12.0. The maximum absolute atomic E-state index is 12.5. The Labute approximate surface area is 146 Å². The van der Waals surface area contributed by atoms with Crippen molar-refractivity contribution in [3.05, 3.63) is 59.2 Å². The number of allylic oxidation sites excluding steroid dienone is 1. The Morgan fingerprint density at radius 2 is 2.00 bits per heavy atom. The first-order valence-corrected chi connectivity index (χ1v) is 8.05. The van der Waals surface area contributed by atoms with Crippen LogP contribution >= 0.6 is 0 Å². The van der Waals surface area contributed by atoms with Crippen LogP contribution in [0.4, 0.5) is 0 Å². The van der Waals surface area contributed by atoms with Crippen LogP contribution in [0.15, 0.2) is 42.5 Å². The number of benzene rings is 2. The summed E-state index contributed by atoms with van der Waals surface area (Å²) in [5, 5.41) is 19.3. The summed E-state index contributed by atoms with van der Waals surface area (Å²) >= 11 is 0. The van der Waals surface area contributed by atoms with E-state index < -0.39 is 6.10 Å². The summed E-state index contributed by atoms with van der Waals surface area (Å²) in [5.41, 5.74) is 2.03. The Hall–Kier alpha value is -2.79. The number of phenolic OH excluding ortho intramolecular Hbond substituents is 1. The molecule has 3 rings (SSSR count). The summed E-state index contributed by atoms with van der Waals surface area (Å²) in [6.45, 7) is 1.79. The predicted molar refractivity (Wildman–Crippen MR) is 94.3 cm³/mol. The van der Waals surface area contributed by atoms with E-state index in [-0.39, 0.29) is 17.6 Å². The van der Waals surface area contributed by atoms with Crippen LogP contribution in [0.1, 0.15) is 28.4 Å². The highest BCUT2D eigenvalue weighted by Gasteiger charge is 2.28. The number of carbonyl (C=O) groups is 1. The van der Waals surface area contributed by atoms with Gasteiger partial charge >= 0.3 is 0 Å². The van der Waals surface area contributed by atoms with Crippen molar-refractivity contribution >= 4 is 11.9 Å². The molecule has 130 valence electrons. The molecule has 0 saturated carbocycles. The van der Waals surface area contributed by atoms with Gasteiger partial charge in [-0.05, 0) is 42.8 Å². The second-order valence-corrected chi connectivity index (χ2v) is 6.04. The average molecular weight is 340 g/mol.